The molecule has 108 valence electrons. The van der Waals surface area contributed by atoms with E-state index in [0.717, 1.165) is 25.0 Å². The molecule has 1 amide bonds. The van der Waals surface area contributed by atoms with Gasteiger partial charge in [-0.05, 0) is 31.4 Å². The van der Waals surface area contributed by atoms with Crippen molar-refractivity contribution in [3.05, 3.63) is 0 Å². The van der Waals surface area contributed by atoms with Gasteiger partial charge in [-0.2, -0.15) is 11.8 Å². The molecule has 0 spiro atoms. The molecule has 0 aromatic rings. The summed E-state index contributed by atoms with van der Waals surface area (Å²) in [6.45, 7) is 1.91. The molecule has 1 heterocycles. The molecular formula is C14H23NO3S. The Balaban J connectivity index is 2.17. The number of rotatable bonds is 4. The third-order valence-electron chi connectivity index (χ3n) is 4.47. The van der Waals surface area contributed by atoms with E-state index in [2.05, 4.69) is 0 Å². The normalized spacial score (nSPS) is 31.9. The maximum absolute atomic E-state index is 12.6. The summed E-state index contributed by atoms with van der Waals surface area (Å²) < 4.78 is 0. The number of amides is 1. The van der Waals surface area contributed by atoms with Crippen LogP contribution in [0.3, 0.4) is 0 Å². The van der Waals surface area contributed by atoms with Gasteiger partial charge in [0.2, 0.25) is 5.91 Å². The molecule has 0 bridgehead atoms. The first-order chi connectivity index (χ1) is 9.06. The van der Waals surface area contributed by atoms with Gasteiger partial charge in [-0.25, -0.2) is 4.79 Å². The van der Waals surface area contributed by atoms with E-state index < -0.39 is 12.0 Å². The fraction of sp³-hybridized carbons (Fsp3) is 0.857. The number of hydrogen-bond acceptors (Lipinski definition) is 3. The van der Waals surface area contributed by atoms with Crippen molar-refractivity contribution in [2.45, 2.75) is 51.1 Å². The molecule has 1 aliphatic carbocycles. The lowest BCUT2D eigenvalue weighted by atomic mass is 9.84. The summed E-state index contributed by atoms with van der Waals surface area (Å²) in [5.41, 5.74) is 0. The number of carboxylic acids is 1. The Labute approximate surface area is 118 Å². The average Bonchev–Trinajstić information content (AvgIpc) is 2.77. The first kappa shape index (κ1) is 14.7. The number of likely N-dealkylation sites (tertiary alicyclic amines) is 1. The molecule has 1 aliphatic heterocycles. The predicted molar refractivity (Wildman–Crippen MR) is 76.2 cm³/mol. The Bertz CT molecular complexity index is 361. The van der Waals surface area contributed by atoms with E-state index >= 15 is 0 Å². The van der Waals surface area contributed by atoms with Crippen molar-refractivity contribution in [2.75, 3.05) is 12.0 Å². The fourth-order valence-electron chi connectivity index (χ4n) is 3.57. The van der Waals surface area contributed by atoms with Gasteiger partial charge in [0.15, 0.2) is 0 Å². The van der Waals surface area contributed by atoms with Crippen LogP contribution in [0.1, 0.15) is 39.0 Å². The number of carbonyl (C=O) groups excluding carboxylic acids is 1. The van der Waals surface area contributed by atoms with E-state index in [1.807, 2.05) is 13.2 Å². The van der Waals surface area contributed by atoms with E-state index in [9.17, 15) is 14.7 Å². The Morgan fingerprint density at radius 3 is 2.68 bits per heavy atom. The Hall–Kier alpha value is -0.710. The molecule has 2 rings (SSSR count). The van der Waals surface area contributed by atoms with Crippen molar-refractivity contribution in [2.24, 2.45) is 11.8 Å². The van der Waals surface area contributed by atoms with Gasteiger partial charge in [0.05, 0.1) is 0 Å². The summed E-state index contributed by atoms with van der Waals surface area (Å²) in [5.74, 6) is 0.284. The van der Waals surface area contributed by atoms with E-state index in [4.69, 9.17) is 0 Å². The first-order valence-corrected chi connectivity index (χ1v) is 8.49. The highest BCUT2D eigenvalue weighted by Gasteiger charge is 2.48. The van der Waals surface area contributed by atoms with E-state index in [-0.39, 0.29) is 17.9 Å². The maximum atomic E-state index is 12.6. The van der Waals surface area contributed by atoms with Crippen molar-refractivity contribution < 1.29 is 14.7 Å². The number of aliphatic carboxylic acids is 1. The summed E-state index contributed by atoms with van der Waals surface area (Å²) in [6, 6.07) is -0.420. The van der Waals surface area contributed by atoms with Crippen LogP contribution in [0.25, 0.3) is 0 Å². The summed E-state index contributed by atoms with van der Waals surface area (Å²) in [4.78, 5) is 25.7. The highest BCUT2D eigenvalue weighted by atomic mass is 32.2. The van der Waals surface area contributed by atoms with Crippen LogP contribution in [0.4, 0.5) is 0 Å². The molecule has 5 heteroatoms. The van der Waals surface area contributed by atoms with Crippen LogP contribution >= 0.6 is 11.8 Å². The van der Waals surface area contributed by atoms with Gasteiger partial charge < -0.3 is 10.0 Å². The Morgan fingerprint density at radius 1 is 1.37 bits per heavy atom. The van der Waals surface area contributed by atoms with Gasteiger partial charge in [0, 0.05) is 17.7 Å². The molecule has 1 N–H and O–H groups in total. The minimum absolute atomic E-state index is 0.0381. The predicted octanol–water partition coefficient (Wildman–Crippen LogP) is 2.23. The summed E-state index contributed by atoms with van der Waals surface area (Å²) in [7, 11) is 0. The van der Waals surface area contributed by atoms with Crippen molar-refractivity contribution in [3.8, 4) is 0 Å². The van der Waals surface area contributed by atoms with Gasteiger partial charge in [-0.15, -0.1) is 0 Å². The third-order valence-corrected chi connectivity index (χ3v) is 5.30. The van der Waals surface area contributed by atoms with Crippen molar-refractivity contribution >= 4 is 23.6 Å². The van der Waals surface area contributed by atoms with Crippen molar-refractivity contribution in [1.29, 1.82) is 0 Å². The van der Waals surface area contributed by atoms with E-state index in [1.54, 1.807) is 16.7 Å². The number of nitrogens with zero attached hydrogens (tertiary/aromatic N) is 1. The van der Waals surface area contributed by atoms with Crippen LogP contribution in [0, 0.1) is 11.8 Å². The van der Waals surface area contributed by atoms with Crippen molar-refractivity contribution in [3.63, 3.8) is 0 Å². The first-order valence-electron chi connectivity index (χ1n) is 7.10. The second-order valence-corrected chi connectivity index (χ2v) is 6.71. The number of thioether (sulfide) groups is 1. The standard InChI is InChI=1S/C14H23NO3S/c1-9(8-19-2)13(16)15-11-6-4-3-5-10(11)7-12(15)14(17)18/h9-12H,3-8H2,1-2H3,(H,17,18)/t9-,10-,11+,12-/m0/s1. The SMILES string of the molecule is CSC[C@H](C)C(=O)N1[C@@H]2CCCC[C@H]2C[C@H]1C(=O)O. The molecule has 19 heavy (non-hydrogen) atoms. The lowest BCUT2D eigenvalue weighted by Gasteiger charge is -2.34. The van der Waals surface area contributed by atoms with E-state index in [0.29, 0.717) is 12.3 Å². The van der Waals surface area contributed by atoms with Gasteiger partial charge in [0.25, 0.3) is 0 Å². The molecule has 4 atom stereocenters. The Morgan fingerprint density at radius 2 is 2.05 bits per heavy atom. The zero-order valence-electron chi connectivity index (χ0n) is 11.7. The van der Waals surface area contributed by atoms with Crippen LogP contribution in [-0.4, -0.2) is 46.0 Å². The lowest BCUT2D eigenvalue weighted by Crippen LogP contribution is -2.48. The fourth-order valence-corrected chi connectivity index (χ4v) is 4.22. The maximum Gasteiger partial charge on any atom is 0.326 e. The summed E-state index contributed by atoms with van der Waals surface area (Å²) in [5, 5.41) is 9.39. The number of hydrogen-bond donors (Lipinski definition) is 1. The summed E-state index contributed by atoms with van der Waals surface area (Å²) >= 11 is 1.64. The monoisotopic (exact) mass is 285 g/mol. The van der Waals surface area contributed by atoms with Crippen molar-refractivity contribution in [1.82, 2.24) is 4.90 Å². The zero-order valence-corrected chi connectivity index (χ0v) is 12.5. The molecule has 2 fully saturated rings. The molecule has 0 aromatic carbocycles. The van der Waals surface area contributed by atoms with Crippen LogP contribution in [-0.2, 0) is 9.59 Å². The summed E-state index contributed by atoms with van der Waals surface area (Å²) in [6.07, 6.45) is 6.98. The highest BCUT2D eigenvalue weighted by Crippen LogP contribution is 2.40. The molecule has 1 saturated carbocycles. The largest absolute Gasteiger partial charge is 0.480 e. The topological polar surface area (TPSA) is 57.6 Å². The second kappa shape index (κ2) is 6.16. The highest BCUT2D eigenvalue weighted by molar-refractivity contribution is 7.98. The van der Waals surface area contributed by atoms with Crippen LogP contribution in [0.15, 0.2) is 0 Å². The smallest absolute Gasteiger partial charge is 0.326 e. The van der Waals surface area contributed by atoms with Gasteiger partial charge in [-0.3, -0.25) is 4.79 Å². The minimum Gasteiger partial charge on any atom is -0.480 e. The van der Waals surface area contributed by atoms with Gasteiger partial charge in [-0.1, -0.05) is 19.8 Å². The molecular weight excluding hydrogens is 262 g/mol. The Kier molecular flexibility index (Phi) is 4.76. The van der Waals surface area contributed by atoms with Crippen LogP contribution < -0.4 is 0 Å². The number of carbonyl (C=O) groups is 2. The van der Waals surface area contributed by atoms with Gasteiger partial charge >= 0.3 is 5.97 Å². The molecule has 1 saturated heterocycles. The van der Waals surface area contributed by atoms with Crippen LogP contribution in [0.2, 0.25) is 0 Å². The van der Waals surface area contributed by atoms with Gasteiger partial charge in [0.1, 0.15) is 6.04 Å². The molecule has 0 unspecified atom stereocenters. The second-order valence-electron chi connectivity index (χ2n) is 5.80. The molecule has 0 radical (unpaired) electrons. The lowest BCUT2D eigenvalue weighted by molar-refractivity contribution is -0.151. The van der Waals surface area contributed by atoms with Crippen LogP contribution in [0.5, 0.6) is 0 Å². The average molecular weight is 285 g/mol. The zero-order chi connectivity index (χ0) is 14.0. The molecule has 2 aliphatic rings. The molecule has 0 aromatic heterocycles. The quantitative estimate of drug-likeness (QED) is 0.860. The minimum atomic E-state index is -0.834. The van der Waals surface area contributed by atoms with E-state index in [1.165, 1.54) is 6.42 Å². The third kappa shape index (κ3) is 2.91. The number of fused-ring (bicyclic) bond motifs is 1. The molecule has 4 nitrogen and oxygen atoms in total. The number of carboxylic acid groups (broad SMARTS) is 1.